The molecule has 1 atom stereocenters. The number of benzene rings is 3. The zero-order chi connectivity index (χ0) is 29.0. The minimum atomic E-state index is -1.06. The highest BCUT2D eigenvalue weighted by atomic mass is 16.5. The van der Waals surface area contributed by atoms with E-state index in [1.807, 2.05) is 64.1 Å². The van der Waals surface area contributed by atoms with Crippen LogP contribution < -0.4 is 20.7 Å². The van der Waals surface area contributed by atoms with Crippen molar-refractivity contribution in [3.8, 4) is 16.9 Å². The van der Waals surface area contributed by atoms with E-state index in [0.717, 1.165) is 53.5 Å². The molecule has 1 aliphatic carbocycles. The van der Waals surface area contributed by atoms with Crippen LogP contribution in [-0.4, -0.2) is 36.2 Å². The third-order valence-electron chi connectivity index (χ3n) is 7.82. The van der Waals surface area contributed by atoms with Crippen molar-refractivity contribution in [1.82, 2.24) is 5.32 Å². The minimum Gasteiger partial charge on any atom is -0.497 e. The van der Waals surface area contributed by atoms with E-state index in [9.17, 15) is 19.5 Å². The largest absolute Gasteiger partial charge is 0.497 e. The highest BCUT2D eigenvalue weighted by Gasteiger charge is 2.42. The van der Waals surface area contributed by atoms with Crippen LogP contribution in [0, 0.1) is 26.2 Å². The second-order valence-electron chi connectivity index (χ2n) is 10.9. The van der Waals surface area contributed by atoms with Crippen LogP contribution in [0.4, 0.5) is 16.2 Å². The van der Waals surface area contributed by atoms with E-state index in [2.05, 4.69) is 16.0 Å². The molecule has 3 aromatic carbocycles. The summed E-state index contributed by atoms with van der Waals surface area (Å²) in [5.74, 6) is -0.911. The summed E-state index contributed by atoms with van der Waals surface area (Å²) in [5, 5.41) is 18.5. The van der Waals surface area contributed by atoms with Crippen LogP contribution in [0.25, 0.3) is 11.1 Å². The van der Waals surface area contributed by atoms with Crippen molar-refractivity contribution in [3.63, 3.8) is 0 Å². The molecule has 8 heteroatoms. The number of ether oxygens (including phenoxy) is 1. The molecule has 0 radical (unpaired) electrons. The van der Waals surface area contributed by atoms with Crippen LogP contribution in [0.5, 0.6) is 5.75 Å². The number of methoxy groups -OCH3 is 1. The second-order valence-corrected chi connectivity index (χ2v) is 10.9. The van der Waals surface area contributed by atoms with E-state index in [1.165, 1.54) is 0 Å². The smallest absolute Gasteiger partial charge is 0.326 e. The number of carbonyl (C=O) groups is 3. The number of anilines is 2. The number of aliphatic carboxylic acids is 1. The summed E-state index contributed by atoms with van der Waals surface area (Å²) in [6.07, 6.45) is 3.31. The molecule has 0 aromatic heterocycles. The van der Waals surface area contributed by atoms with E-state index in [4.69, 9.17) is 4.74 Å². The van der Waals surface area contributed by atoms with Gasteiger partial charge in [-0.2, -0.15) is 0 Å². The number of aryl methyl sites for hydroxylation is 3. The first-order chi connectivity index (χ1) is 19.0. The third-order valence-corrected chi connectivity index (χ3v) is 7.82. The SMILES string of the molecule is COc1ccc(-c2ccc(C(=O)N[C@H](C(=O)O)C3(C)CCCC3)c(NC(=O)Nc3c(C)cc(C)cc3C)c2)cc1. The summed E-state index contributed by atoms with van der Waals surface area (Å²) < 4.78 is 5.26. The molecular weight excluding hydrogens is 506 g/mol. The lowest BCUT2D eigenvalue weighted by Crippen LogP contribution is -2.50. The monoisotopic (exact) mass is 543 g/mol. The molecular formula is C32H37N3O5. The number of hydrogen-bond donors (Lipinski definition) is 4. The van der Waals surface area contributed by atoms with Gasteiger partial charge in [0.25, 0.3) is 5.91 Å². The van der Waals surface area contributed by atoms with Crippen molar-refractivity contribution < 1.29 is 24.2 Å². The predicted molar refractivity (Wildman–Crippen MR) is 157 cm³/mol. The molecule has 1 saturated carbocycles. The van der Waals surface area contributed by atoms with Crippen LogP contribution in [0.2, 0.25) is 0 Å². The summed E-state index contributed by atoms with van der Waals surface area (Å²) in [5.41, 5.74) is 5.19. The van der Waals surface area contributed by atoms with Crippen molar-refractivity contribution >= 4 is 29.3 Å². The molecule has 3 aromatic rings. The van der Waals surface area contributed by atoms with Gasteiger partial charge in [-0.05, 0) is 85.5 Å². The Morgan fingerprint density at radius 3 is 2.05 bits per heavy atom. The van der Waals surface area contributed by atoms with E-state index in [0.29, 0.717) is 11.4 Å². The Balaban J connectivity index is 1.67. The third kappa shape index (κ3) is 6.28. The van der Waals surface area contributed by atoms with Crippen LogP contribution in [-0.2, 0) is 4.79 Å². The number of hydrogen-bond acceptors (Lipinski definition) is 4. The Labute approximate surface area is 235 Å². The number of rotatable bonds is 8. The van der Waals surface area contributed by atoms with Gasteiger partial charge in [-0.15, -0.1) is 0 Å². The first-order valence-electron chi connectivity index (χ1n) is 13.5. The highest BCUT2D eigenvalue weighted by molar-refractivity contribution is 6.08. The Morgan fingerprint density at radius 1 is 0.875 bits per heavy atom. The summed E-state index contributed by atoms with van der Waals surface area (Å²) in [4.78, 5) is 38.9. The zero-order valence-electron chi connectivity index (χ0n) is 23.7. The lowest BCUT2D eigenvalue weighted by molar-refractivity contribution is -0.142. The normalized spacial score (nSPS) is 14.7. The van der Waals surface area contributed by atoms with E-state index in [-0.39, 0.29) is 11.3 Å². The molecule has 0 saturated heterocycles. The first-order valence-corrected chi connectivity index (χ1v) is 13.5. The van der Waals surface area contributed by atoms with Gasteiger partial charge in [0.1, 0.15) is 11.8 Å². The molecule has 1 aliphatic rings. The molecule has 4 rings (SSSR count). The topological polar surface area (TPSA) is 117 Å². The average Bonchev–Trinajstić information content (AvgIpc) is 3.36. The standard InChI is InChI=1S/C32H37N3O5/c1-19-16-20(2)27(21(3)17-19)34-31(39)33-26-18-23(22-8-11-24(40-5)12-9-22)10-13-25(26)29(36)35-28(30(37)38)32(4)14-6-7-15-32/h8-13,16-18,28H,6-7,14-15H2,1-5H3,(H,35,36)(H,37,38)(H2,33,34,39)/t28-/m1/s1. The number of carboxylic acid groups (broad SMARTS) is 1. The molecule has 210 valence electrons. The summed E-state index contributed by atoms with van der Waals surface area (Å²) in [6, 6.07) is 15.0. The van der Waals surface area contributed by atoms with Gasteiger partial charge in [0, 0.05) is 5.69 Å². The number of nitrogens with one attached hydrogen (secondary N) is 3. The van der Waals surface area contributed by atoms with Crippen LogP contribution >= 0.6 is 0 Å². The summed E-state index contributed by atoms with van der Waals surface area (Å²) in [7, 11) is 1.59. The quantitative estimate of drug-likeness (QED) is 0.252. The zero-order valence-corrected chi connectivity index (χ0v) is 23.7. The van der Waals surface area contributed by atoms with Gasteiger partial charge in [0.05, 0.1) is 18.4 Å². The minimum absolute atomic E-state index is 0.178. The molecule has 4 N–H and O–H groups in total. The molecule has 8 nitrogen and oxygen atoms in total. The molecule has 0 bridgehead atoms. The van der Waals surface area contributed by atoms with Gasteiger partial charge in [-0.25, -0.2) is 9.59 Å². The van der Waals surface area contributed by atoms with Gasteiger partial charge >= 0.3 is 12.0 Å². The lowest BCUT2D eigenvalue weighted by Gasteiger charge is -2.31. The predicted octanol–water partition coefficient (Wildman–Crippen LogP) is 6.69. The van der Waals surface area contributed by atoms with Gasteiger partial charge in [0.15, 0.2) is 0 Å². The van der Waals surface area contributed by atoms with Crippen LogP contribution in [0.1, 0.15) is 59.7 Å². The Hall–Kier alpha value is -4.33. The molecule has 0 unspecified atom stereocenters. The Kier molecular flexibility index (Phi) is 8.47. The fourth-order valence-corrected chi connectivity index (χ4v) is 5.67. The van der Waals surface area contributed by atoms with Crippen molar-refractivity contribution in [2.45, 2.75) is 59.4 Å². The Bertz CT molecular complexity index is 1400. The van der Waals surface area contributed by atoms with E-state index in [1.54, 1.807) is 25.3 Å². The van der Waals surface area contributed by atoms with Gasteiger partial charge < -0.3 is 25.8 Å². The molecule has 40 heavy (non-hydrogen) atoms. The van der Waals surface area contributed by atoms with Crippen LogP contribution in [0.15, 0.2) is 54.6 Å². The lowest BCUT2D eigenvalue weighted by atomic mass is 9.80. The van der Waals surface area contributed by atoms with Crippen molar-refractivity contribution in [3.05, 3.63) is 76.9 Å². The molecule has 0 aliphatic heterocycles. The molecule has 0 spiro atoms. The molecule has 0 heterocycles. The molecule has 3 amide bonds. The summed E-state index contributed by atoms with van der Waals surface area (Å²) in [6.45, 7) is 7.75. The van der Waals surface area contributed by atoms with Crippen LogP contribution in [0.3, 0.4) is 0 Å². The van der Waals surface area contributed by atoms with Crippen molar-refractivity contribution in [1.29, 1.82) is 0 Å². The highest BCUT2D eigenvalue weighted by Crippen LogP contribution is 2.41. The fraction of sp³-hybridized carbons (Fsp3) is 0.344. The Morgan fingerprint density at radius 2 is 1.48 bits per heavy atom. The fourth-order valence-electron chi connectivity index (χ4n) is 5.67. The number of amides is 3. The van der Waals surface area contributed by atoms with Crippen molar-refractivity contribution in [2.75, 3.05) is 17.7 Å². The van der Waals surface area contributed by atoms with Gasteiger partial charge in [-0.3, -0.25) is 4.79 Å². The second kappa shape index (κ2) is 11.8. The maximum absolute atomic E-state index is 13.5. The van der Waals surface area contributed by atoms with E-state index < -0.39 is 29.4 Å². The number of carboxylic acids is 1. The maximum Gasteiger partial charge on any atom is 0.326 e. The number of urea groups is 1. The maximum atomic E-state index is 13.5. The number of carbonyl (C=O) groups excluding carboxylic acids is 2. The first kappa shape index (κ1) is 28.7. The van der Waals surface area contributed by atoms with Crippen molar-refractivity contribution in [2.24, 2.45) is 5.41 Å². The van der Waals surface area contributed by atoms with Gasteiger partial charge in [0.2, 0.25) is 0 Å². The average molecular weight is 544 g/mol. The summed E-state index contributed by atoms with van der Waals surface area (Å²) >= 11 is 0. The van der Waals surface area contributed by atoms with E-state index >= 15 is 0 Å². The van der Waals surface area contributed by atoms with Gasteiger partial charge in [-0.1, -0.05) is 55.7 Å². The molecule has 1 fully saturated rings.